The molecule has 0 unspecified atom stereocenters. The molecule has 3 rings (SSSR count). The van der Waals surface area contributed by atoms with Crippen LogP contribution in [-0.4, -0.2) is 48.1 Å². The summed E-state index contributed by atoms with van der Waals surface area (Å²) in [6, 6.07) is 4.30. The van der Waals surface area contributed by atoms with Crippen LogP contribution in [0.4, 0.5) is 4.39 Å². The van der Waals surface area contributed by atoms with Gasteiger partial charge in [0.25, 0.3) is 0 Å². The summed E-state index contributed by atoms with van der Waals surface area (Å²) in [5.74, 6) is -0.670. The minimum absolute atomic E-state index is 0.249. The molecule has 0 radical (unpaired) electrons. The van der Waals surface area contributed by atoms with E-state index < -0.39 is 5.97 Å². The fourth-order valence-corrected chi connectivity index (χ4v) is 3.28. The zero-order valence-corrected chi connectivity index (χ0v) is 16.3. The SMILES string of the molecule is O=C(O)Cn1nnc(-c2nnc(CCCCOc3cc(F)ccc3Br)s2)n1. The maximum Gasteiger partial charge on any atom is 0.327 e. The van der Waals surface area contributed by atoms with E-state index >= 15 is 0 Å². The highest BCUT2D eigenvalue weighted by atomic mass is 79.9. The standard InChI is InChI=1S/C15H14BrFN6O3S/c16-10-5-4-9(17)7-11(10)26-6-2-1-3-12-18-20-15(27-12)14-19-22-23(21-14)8-13(24)25/h4-5,7H,1-3,6,8H2,(H,24,25). The Labute approximate surface area is 165 Å². The van der Waals surface area contributed by atoms with Gasteiger partial charge in [-0.15, -0.1) is 20.4 Å². The zero-order valence-electron chi connectivity index (χ0n) is 13.9. The van der Waals surface area contributed by atoms with Crippen LogP contribution in [0.5, 0.6) is 5.75 Å². The molecule has 2 heterocycles. The molecular weight excluding hydrogens is 443 g/mol. The summed E-state index contributed by atoms with van der Waals surface area (Å²) in [6.45, 7) is 0.0961. The Hall–Kier alpha value is -2.47. The summed E-state index contributed by atoms with van der Waals surface area (Å²) in [7, 11) is 0. The van der Waals surface area contributed by atoms with Crippen molar-refractivity contribution in [3.8, 4) is 16.6 Å². The maximum atomic E-state index is 13.2. The highest BCUT2D eigenvalue weighted by molar-refractivity contribution is 9.10. The lowest BCUT2D eigenvalue weighted by Crippen LogP contribution is -2.11. The number of aromatic nitrogens is 6. The van der Waals surface area contributed by atoms with Crippen molar-refractivity contribution < 1.29 is 19.0 Å². The number of ether oxygens (including phenoxy) is 1. The number of carbonyl (C=O) groups is 1. The van der Waals surface area contributed by atoms with E-state index in [1.165, 1.54) is 23.5 Å². The molecule has 0 saturated heterocycles. The molecule has 0 amide bonds. The number of nitrogens with zero attached hydrogens (tertiary/aromatic N) is 6. The lowest BCUT2D eigenvalue weighted by Gasteiger charge is -2.07. The van der Waals surface area contributed by atoms with E-state index in [1.54, 1.807) is 6.07 Å². The third-order valence-electron chi connectivity index (χ3n) is 3.32. The van der Waals surface area contributed by atoms with Crippen molar-refractivity contribution >= 4 is 33.2 Å². The highest BCUT2D eigenvalue weighted by Gasteiger charge is 2.13. The summed E-state index contributed by atoms with van der Waals surface area (Å²) in [5, 5.41) is 29.5. The van der Waals surface area contributed by atoms with Crippen LogP contribution in [0.25, 0.3) is 10.8 Å². The number of tetrazole rings is 1. The number of hydrogen-bond acceptors (Lipinski definition) is 8. The van der Waals surface area contributed by atoms with Crippen molar-refractivity contribution in [1.82, 2.24) is 30.4 Å². The van der Waals surface area contributed by atoms with E-state index in [-0.39, 0.29) is 18.2 Å². The Morgan fingerprint density at radius 1 is 1.30 bits per heavy atom. The molecule has 0 fully saturated rings. The second kappa shape index (κ2) is 8.95. The Morgan fingerprint density at radius 3 is 2.96 bits per heavy atom. The van der Waals surface area contributed by atoms with Crippen LogP contribution < -0.4 is 4.74 Å². The van der Waals surface area contributed by atoms with E-state index in [2.05, 4.69) is 41.5 Å². The largest absolute Gasteiger partial charge is 0.492 e. The second-order valence-corrected chi connectivity index (χ2v) is 7.33. The fourth-order valence-electron chi connectivity index (χ4n) is 2.11. The van der Waals surface area contributed by atoms with Gasteiger partial charge in [-0.1, -0.05) is 11.3 Å². The van der Waals surface area contributed by atoms with Gasteiger partial charge in [0.15, 0.2) is 11.6 Å². The molecule has 0 saturated carbocycles. The van der Waals surface area contributed by atoms with Crippen LogP contribution in [0.2, 0.25) is 0 Å². The molecule has 0 spiro atoms. The lowest BCUT2D eigenvalue weighted by molar-refractivity contribution is -0.138. The van der Waals surface area contributed by atoms with Gasteiger partial charge in [0.2, 0.25) is 5.82 Å². The first-order valence-corrected chi connectivity index (χ1v) is 9.52. The Bertz CT molecular complexity index is 934. The van der Waals surface area contributed by atoms with E-state index in [0.717, 1.165) is 22.6 Å². The first-order valence-electron chi connectivity index (χ1n) is 7.91. The van der Waals surface area contributed by atoms with Crippen LogP contribution in [0.15, 0.2) is 22.7 Å². The number of hydrogen-bond donors (Lipinski definition) is 1. The second-order valence-electron chi connectivity index (χ2n) is 5.42. The molecule has 1 N–H and O–H groups in total. The van der Waals surface area contributed by atoms with Gasteiger partial charge < -0.3 is 9.84 Å². The average molecular weight is 457 g/mol. The minimum atomic E-state index is -1.05. The maximum absolute atomic E-state index is 13.2. The van der Waals surface area contributed by atoms with E-state index in [9.17, 15) is 9.18 Å². The molecule has 12 heteroatoms. The molecule has 2 aromatic heterocycles. The van der Waals surface area contributed by atoms with Crippen molar-refractivity contribution in [2.75, 3.05) is 6.61 Å². The molecule has 1 aromatic carbocycles. The molecule has 9 nitrogen and oxygen atoms in total. The molecule has 0 aliphatic heterocycles. The predicted octanol–water partition coefficient (Wildman–Crippen LogP) is 2.58. The van der Waals surface area contributed by atoms with E-state index in [1.807, 2.05) is 0 Å². The van der Waals surface area contributed by atoms with Gasteiger partial charge in [-0.05, 0) is 46.1 Å². The molecule has 3 aromatic rings. The fraction of sp³-hybridized carbons (Fsp3) is 0.333. The smallest absolute Gasteiger partial charge is 0.327 e. The van der Waals surface area contributed by atoms with Gasteiger partial charge in [0, 0.05) is 12.5 Å². The number of benzene rings is 1. The first kappa shape index (κ1) is 19.3. The average Bonchev–Trinajstić information content (AvgIpc) is 3.26. The monoisotopic (exact) mass is 456 g/mol. The quantitative estimate of drug-likeness (QED) is 0.488. The van der Waals surface area contributed by atoms with Gasteiger partial charge in [-0.3, -0.25) is 4.79 Å². The van der Waals surface area contributed by atoms with Gasteiger partial charge in [0.05, 0.1) is 11.1 Å². The van der Waals surface area contributed by atoms with Crippen molar-refractivity contribution in [1.29, 1.82) is 0 Å². The third kappa shape index (κ3) is 5.50. The summed E-state index contributed by atoms with van der Waals surface area (Å²) in [5.41, 5.74) is 0. The van der Waals surface area contributed by atoms with Gasteiger partial charge >= 0.3 is 5.97 Å². The topological polar surface area (TPSA) is 116 Å². The van der Waals surface area contributed by atoms with Gasteiger partial charge in [-0.2, -0.15) is 4.80 Å². The van der Waals surface area contributed by atoms with Crippen LogP contribution >= 0.6 is 27.3 Å². The Kier molecular flexibility index (Phi) is 6.40. The summed E-state index contributed by atoms with van der Waals surface area (Å²) < 4.78 is 19.5. The molecular formula is C15H14BrFN6O3S. The van der Waals surface area contributed by atoms with Crippen molar-refractivity contribution in [3.05, 3.63) is 33.5 Å². The van der Waals surface area contributed by atoms with E-state index in [4.69, 9.17) is 9.84 Å². The molecule has 0 aliphatic carbocycles. The zero-order chi connectivity index (χ0) is 19.2. The van der Waals surface area contributed by atoms with Crippen molar-refractivity contribution in [2.24, 2.45) is 0 Å². The lowest BCUT2D eigenvalue weighted by atomic mass is 10.2. The van der Waals surface area contributed by atoms with Crippen molar-refractivity contribution in [2.45, 2.75) is 25.8 Å². The number of carboxylic acids is 1. The number of aryl methyl sites for hydroxylation is 1. The number of rotatable bonds is 9. The molecule has 0 atom stereocenters. The normalized spacial score (nSPS) is 10.9. The Balaban J connectivity index is 1.45. The van der Waals surface area contributed by atoms with Crippen LogP contribution in [0.3, 0.4) is 0 Å². The minimum Gasteiger partial charge on any atom is -0.492 e. The number of halogens is 2. The molecule has 0 aliphatic rings. The number of aliphatic carboxylic acids is 1. The van der Waals surface area contributed by atoms with Crippen molar-refractivity contribution in [3.63, 3.8) is 0 Å². The van der Waals surface area contributed by atoms with Gasteiger partial charge in [0.1, 0.15) is 16.6 Å². The third-order valence-corrected chi connectivity index (χ3v) is 4.96. The summed E-state index contributed by atoms with van der Waals surface area (Å²) >= 11 is 4.65. The van der Waals surface area contributed by atoms with Gasteiger partial charge in [-0.25, -0.2) is 4.39 Å². The van der Waals surface area contributed by atoms with Crippen LogP contribution in [-0.2, 0) is 17.8 Å². The highest BCUT2D eigenvalue weighted by Crippen LogP contribution is 2.26. The Morgan fingerprint density at radius 2 is 2.15 bits per heavy atom. The molecule has 0 bridgehead atoms. The number of unbranched alkanes of at least 4 members (excludes halogenated alkanes) is 1. The van der Waals surface area contributed by atoms with E-state index in [0.29, 0.717) is 28.3 Å². The summed E-state index contributed by atoms with van der Waals surface area (Å²) in [4.78, 5) is 11.6. The molecule has 142 valence electrons. The molecule has 27 heavy (non-hydrogen) atoms. The van der Waals surface area contributed by atoms with Crippen LogP contribution in [0, 0.1) is 5.82 Å². The number of carboxylic acid groups (broad SMARTS) is 1. The summed E-state index contributed by atoms with van der Waals surface area (Å²) in [6.07, 6.45) is 2.29. The first-order chi connectivity index (χ1) is 13.0. The predicted molar refractivity (Wildman–Crippen MR) is 96.9 cm³/mol. The van der Waals surface area contributed by atoms with Crippen LogP contribution in [0.1, 0.15) is 17.8 Å².